The van der Waals surface area contributed by atoms with E-state index in [2.05, 4.69) is 10.3 Å². The normalized spacial score (nSPS) is 12.1. The molecule has 21 heavy (non-hydrogen) atoms. The number of hydrogen-bond acceptors (Lipinski definition) is 6. The van der Waals surface area contributed by atoms with Crippen molar-refractivity contribution in [3.05, 3.63) is 15.6 Å². The molecular weight excluding hydrogens is 296 g/mol. The first-order chi connectivity index (χ1) is 9.95. The maximum absolute atomic E-state index is 11.7. The van der Waals surface area contributed by atoms with Gasteiger partial charge in [0, 0.05) is 13.5 Å². The maximum atomic E-state index is 11.7. The first-order valence-corrected chi connectivity index (χ1v) is 7.34. The Morgan fingerprint density at radius 3 is 2.67 bits per heavy atom. The Bertz CT molecular complexity index is 489. The van der Waals surface area contributed by atoms with Crippen LogP contribution >= 0.6 is 11.3 Å². The lowest BCUT2D eigenvalue weighted by molar-refractivity contribution is -0.122. The molecule has 1 rings (SSSR count). The van der Waals surface area contributed by atoms with Crippen molar-refractivity contribution >= 4 is 23.2 Å². The second-order valence-corrected chi connectivity index (χ2v) is 5.45. The van der Waals surface area contributed by atoms with Gasteiger partial charge in [-0.05, 0) is 13.8 Å². The highest BCUT2D eigenvalue weighted by Gasteiger charge is 2.18. The molecule has 7 nitrogen and oxygen atoms in total. The molecule has 0 aliphatic carbocycles. The Labute approximate surface area is 127 Å². The van der Waals surface area contributed by atoms with Crippen LogP contribution in [0.5, 0.6) is 0 Å². The van der Waals surface area contributed by atoms with Crippen molar-refractivity contribution in [1.29, 1.82) is 0 Å². The highest BCUT2D eigenvalue weighted by Crippen LogP contribution is 2.23. The molecule has 0 saturated heterocycles. The average Bonchev–Trinajstić information content (AvgIpc) is 2.81. The van der Waals surface area contributed by atoms with E-state index in [4.69, 9.17) is 14.6 Å². The molecule has 0 saturated carbocycles. The number of aryl methyl sites for hydroxylation is 1. The van der Waals surface area contributed by atoms with E-state index in [1.54, 1.807) is 21.0 Å². The SMILES string of the molecule is COCCOCCC(=O)NC(C)c1nc(C)c(C(=O)O)s1. The summed E-state index contributed by atoms with van der Waals surface area (Å²) in [6.07, 6.45) is 0.240. The average molecular weight is 316 g/mol. The molecule has 0 spiro atoms. The van der Waals surface area contributed by atoms with Gasteiger partial charge in [-0.3, -0.25) is 4.79 Å². The third-order valence-electron chi connectivity index (χ3n) is 2.66. The van der Waals surface area contributed by atoms with Crippen molar-refractivity contribution in [2.24, 2.45) is 0 Å². The highest BCUT2D eigenvalue weighted by atomic mass is 32.1. The number of methoxy groups -OCH3 is 1. The lowest BCUT2D eigenvalue weighted by Crippen LogP contribution is -2.27. The zero-order chi connectivity index (χ0) is 15.8. The van der Waals surface area contributed by atoms with Gasteiger partial charge in [0.15, 0.2) is 0 Å². The van der Waals surface area contributed by atoms with E-state index in [-0.39, 0.29) is 23.2 Å². The number of amides is 1. The van der Waals surface area contributed by atoms with E-state index in [0.29, 0.717) is 30.5 Å². The van der Waals surface area contributed by atoms with Crippen molar-refractivity contribution in [2.75, 3.05) is 26.9 Å². The van der Waals surface area contributed by atoms with E-state index in [9.17, 15) is 9.59 Å². The summed E-state index contributed by atoms with van der Waals surface area (Å²) in [5.74, 6) is -1.16. The predicted octanol–water partition coefficient (Wildman–Crippen LogP) is 1.38. The molecule has 1 atom stereocenters. The summed E-state index contributed by atoms with van der Waals surface area (Å²) >= 11 is 1.08. The van der Waals surface area contributed by atoms with Gasteiger partial charge in [-0.2, -0.15) is 0 Å². The van der Waals surface area contributed by atoms with Crippen LogP contribution in [0.3, 0.4) is 0 Å². The van der Waals surface area contributed by atoms with Crippen LogP contribution in [-0.4, -0.2) is 48.9 Å². The number of carboxylic acid groups (broad SMARTS) is 1. The lowest BCUT2D eigenvalue weighted by atomic mass is 10.3. The van der Waals surface area contributed by atoms with Gasteiger partial charge in [-0.25, -0.2) is 9.78 Å². The summed E-state index contributed by atoms with van der Waals surface area (Å²) in [5, 5.41) is 12.3. The summed E-state index contributed by atoms with van der Waals surface area (Å²) in [4.78, 5) is 27.1. The first kappa shape index (κ1) is 17.5. The fourth-order valence-electron chi connectivity index (χ4n) is 1.59. The smallest absolute Gasteiger partial charge is 0.347 e. The molecule has 1 amide bonds. The Kier molecular flexibility index (Phi) is 7.27. The van der Waals surface area contributed by atoms with Crippen LogP contribution in [0.2, 0.25) is 0 Å². The van der Waals surface area contributed by atoms with Crippen LogP contribution in [0.25, 0.3) is 0 Å². The fraction of sp³-hybridized carbons (Fsp3) is 0.615. The monoisotopic (exact) mass is 316 g/mol. The van der Waals surface area contributed by atoms with Gasteiger partial charge in [0.05, 0.1) is 31.6 Å². The topological polar surface area (TPSA) is 97.8 Å². The van der Waals surface area contributed by atoms with Crippen LogP contribution in [0.1, 0.15) is 39.8 Å². The quantitative estimate of drug-likeness (QED) is 0.668. The molecule has 118 valence electrons. The van der Waals surface area contributed by atoms with Crippen molar-refractivity contribution in [1.82, 2.24) is 10.3 Å². The minimum Gasteiger partial charge on any atom is -0.477 e. The number of nitrogens with zero attached hydrogens (tertiary/aromatic N) is 1. The highest BCUT2D eigenvalue weighted by molar-refractivity contribution is 7.13. The number of aromatic nitrogens is 1. The molecule has 0 aliphatic heterocycles. The zero-order valence-electron chi connectivity index (χ0n) is 12.3. The minimum atomic E-state index is -0.999. The van der Waals surface area contributed by atoms with E-state index >= 15 is 0 Å². The summed E-state index contributed by atoms with van der Waals surface area (Å²) in [6, 6.07) is -0.326. The Morgan fingerprint density at radius 1 is 1.38 bits per heavy atom. The predicted molar refractivity (Wildman–Crippen MR) is 77.7 cm³/mol. The number of carbonyl (C=O) groups excluding carboxylic acids is 1. The number of ether oxygens (including phenoxy) is 2. The Hall–Kier alpha value is -1.51. The van der Waals surface area contributed by atoms with E-state index < -0.39 is 5.97 Å². The standard InChI is InChI=1S/C13H20N2O5S/c1-8-11(13(17)18)21-12(15-8)9(2)14-10(16)4-5-20-7-6-19-3/h9H,4-7H2,1-3H3,(H,14,16)(H,17,18). The van der Waals surface area contributed by atoms with Crippen LogP contribution in [0, 0.1) is 6.92 Å². The Balaban J connectivity index is 2.42. The Morgan fingerprint density at radius 2 is 2.10 bits per heavy atom. The number of carboxylic acids is 1. The lowest BCUT2D eigenvalue weighted by Gasteiger charge is -2.11. The molecule has 1 aromatic rings. The van der Waals surface area contributed by atoms with Crippen molar-refractivity contribution in [3.63, 3.8) is 0 Å². The molecule has 1 heterocycles. The molecule has 1 unspecified atom stereocenters. The maximum Gasteiger partial charge on any atom is 0.347 e. The minimum absolute atomic E-state index is 0.162. The summed E-state index contributed by atoms with van der Waals surface area (Å²) in [6.45, 7) is 4.68. The second kappa shape index (κ2) is 8.71. The number of rotatable bonds is 9. The number of carbonyl (C=O) groups is 2. The van der Waals surface area contributed by atoms with E-state index in [1.807, 2.05) is 0 Å². The van der Waals surface area contributed by atoms with Gasteiger partial charge >= 0.3 is 5.97 Å². The number of thiazole rings is 1. The number of nitrogens with one attached hydrogen (secondary N) is 1. The fourth-order valence-corrected chi connectivity index (χ4v) is 2.49. The van der Waals surface area contributed by atoms with Crippen LogP contribution in [0.4, 0.5) is 0 Å². The molecule has 8 heteroatoms. The molecule has 1 aromatic heterocycles. The molecule has 0 radical (unpaired) electrons. The summed E-state index contributed by atoms with van der Waals surface area (Å²) in [7, 11) is 1.58. The van der Waals surface area contributed by atoms with Gasteiger partial charge in [-0.1, -0.05) is 0 Å². The van der Waals surface area contributed by atoms with Gasteiger partial charge in [0.2, 0.25) is 5.91 Å². The third-order valence-corrected chi connectivity index (χ3v) is 3.99. The molecule has 0 aliphatic rings. The molecule has 2 N–H and O–H groups in total. The molecule has 0 aromatic carbocycles. The van der Waals surface area contributed by atoms with Gasteiger partial charge in [0.25, 0.3) is 0 Å². The first-order valence-electron chi connectivity index (χ1n) is 6.52. The number of aromatic carboxylic acids is 1. The summed E-state index contributed by atoms with van der Waals surface area (Å²) in [5.41, 5.74) is 0.464. The zero-order valence-corrected chi connectivity index (χ0v) is 13.2. The second-order valence-electron chi connectivity index (χ2n) is 4.42. The van der Waals surface area contributed by atoms with E-state index in [1.165, 1.54) is 0 Å². The van der Waals surface area contributed by atoms with Gasteiger partial charge in [0.1, 0.15) is 9.88 Å². The van der Waals surface area contributed by atoms with Crippen LogP contribution < -0.4 is 5.32 Å². The van der Waals surface area contributed by atoms with Crippen molar-refractivity contribution in [2.45, 2.75) is 26.3 Å². The van der Waals surface area contributed by atoms with Crippen molar-refractivity contribution < 1.29 is 24.2 Å². The molecule has 0 fully saturated rings. The third kappa shape index (κ3) is 5.78. The van der Waals surface area contributed by atoms with E-state index in [0.717, 1.165) is 11.3 Å². The molecular formula is C13H20N2O5S. The van der Waals surface area contributed by atoms with Crippen molar-refractivity contribution in [3.8, 4) is 0 Å². The van der Waals surface area contributed by atoms with Crippen LogP contribution in [-0.2, 0) is 14.3 Å². The van der Waals surface area contributed by atoms with Gasteiger partial charge < -0.3 is 19.9 Å². The summed E-state index contributed by atoms with van der Waals surface area (Å²) < 4.78 is 10.0. The largest absolute Gasteiger partial charge is 0.477 e. The molecule has 0 bridgehead atoms. The van der Waals surface area contributed by atoms with Crippen LogP contribution in [0.15, 0.2) is 0 Å². The van der Waals surface area contributed by atoms with Gasteiger partial charge in [-0.15, -0.1) is 11.3 Å². The number of hydrogen-bond donors (Lipinski definition) is 2.